The quantitative estimate of drug-likeness (QED) is 0.670. The van der Waals surface area contributed by atoms with Gasteiger partial charge in [-0.2, -0.15) is 0 Å². The first-order valence-electron chi connectivity index (χ1n) is 6.96. The summed E-state index contributed by atoms with van der Waals surface area (Å²) in [7, 11) is 0. The van der Waals surface area contributed by atoms with E-state index < -0.39 is 0 Å². The number of fused-ring (bicyclic) bond motifs is 2. The standard InChI is InChI=1S/C16H14ClNO3S/c1-3-20-9-5-6-10-13(7-9)22-16-11(18-10)8-12(21-4-2)15(19)14(16)17/h5-8H,3-4H2,1-2H3. The van der Waals surface area contributed by atoms with Gasteiger partial charge in [-0.1, -0.05) is 11.6 Å². The van der Waals surface area contributed by atoms with Crippen LogP contribution in [-0.2, 0) is 0 Å². The number of ether oxygens (including phenoxy) is 2. The minimum atomic E-state index is -0.297. The molecule has 0 fully saturated rings. The van der Waals surface area contributed by atoms with Crippen LogP contribution in [-0.4, -0.2) is 18.2 Å². The highest BCUT2D eigenvalue weighted by molar-refractivity contribution is 7.22. The summed E-state index contributed by atoms with van der Waals surface area (Å²) in [6.45, 7) is 4.76. The Kier molecular flexibility index (Phi) is 4.18. The first kappa shape index (κ1) is 15.1. The van der Waals surface area contributed by atoms with Crippen molar-refractivity contribution in [3.63, 3.8) is 0 Å². The Bertz CT molecular complexity index is 862. The van der Waals surface area contributed by atoms with Gasteiger partial charge in [-0.3, -0.25) is 4.79 Å². The Labute approximate surface area is 136 Å². The van der Waals surface area contributed by atoms with Crippen molar-refractivity contribution >= 4 is 33.2 Å². The van der Waals surface area contributed by atoms with E-state index >= 15 is 0 Å². The number of nitrogens with zero attached hydrogens (tertiary/aromatic N) is 1. The van der Waals surface area contributed by atoms with E-state index in [9.17, 15) is 4.79 Å². The molecule has 0 N–H and O–H groups in total. The van der Waals surface area contributed by atoms with Gasteiger partial charge in [0.2, 0.25) is 5.43 Å². The van der Waals surface area contributed by atoms with Crippen LogP contribution in [0.3, 0.4) is 0 Å². The SMILES string of the molecule is CCOc1ccc2nc3cc(OCC)c(=O)c(Cl)c-3sc2c1. The molecule has 1 heterocycles. The zero-order chi connectivity index (χ0) is 15.7. The highest BCUT2D eigenvalue weighted by Gasteiger charge is 2.18. The molecular weight excluding hydrogens is 322 g/mol. The van der Waals surface area contributed by atoms with Crippen molar-refractivity contribution in [2.45, 2.75) is 13.8 Å². The van der Waals surface area contributed by atoms with Crippen molar-refractivity contribution in [3.05, 3.63) is 39.5 Å². The summed E-state index contributed by atoms with van der Waals surface area (Å²) in [5.41, 5.74) is 1.20. The van der Waals surface area contributed by atoms with Crippen molar-refractivity contribution < 1.29 is 9.47 Å². The fourth-order valence-electron chi connectivity index (χ4n) is 2.19. The number of hydrogen-bond acceptors (Lipinski definition) is 5. The topological polar surface area (TPSA) is 48.4 Å². The van der Waals surface area contributed by atoms with Crippen LogP contribution >= 0.6 is 22.9 Å². The molecule has 6 heteroatoms. The molecule has 0 radical (unpaired) electrons. The van der Waals surface area contributed by atoms with E-state index in [4.69, 9.17) is 21.1 Å². The first-order valence-corrected chi connectivity index (χ1v) is 8.16. The summed E-state index contributed by atoms with van der Waals surface area (Å²) in [4.78, 5) is 17.4. The average molecular weight is 336 g/mol. The number of halogens is 1. The van der Waals surface area contributed by atoms with Gasteiger partial charge in [0.15, 0.2) is 5.75 Å². The third-order valence-corrected chi connectivity index (χ3v) is 4.75. The van der Waals surface area contributed by atoms with Crippen molar-refractivity contribution in [2.24, 2.45) is 0 Å². The van der Waals surface area contributed by atoms with Crippen molar-refractivity contribution in [3.8, 4) is 22.1 Å². The Morgan fingerprint density at radius 3 is 2.68 bits per heavy atom. The molecule has 0 spiro atoms. The molecule has 1 aromatic rings. The molecule has 4 nitrogen and oxygen atoms in total. The van der Waals surface area contributed by atoms with E-state index in [2.05, 4.69) is 4.98 Å². The van der Waals surface area contributed by atoms with Gasteiger partial charge in [-0.05, 0) is 32.0 Å². The molecule has 0 unspecified atom stereocenters. The smallest absolute Gasteiger partial charge is 0.240 e. The van der Waals surface area contributed by atoms with E-state index in [-0.39, 0.29) is 16.2 Å². The lowest BCUT2D eigenvalue weighted by molar-refractivity contribution is 0.337. The molecule has 22 heavy (non-hydrogen) atoms. The van der Waals surface area contributed by atoms with Crippen LogP contribution in [0.2, 0.25) is 5.02 Å². The Morgan fingerprint density at radius 2 is 1.95 bits per heavy atom. The summed E-state index contributed by atoms with van der Waals surface area (Å²) < 4.78 is 11.8. The van der Waals surface area contributed by atoms with E-state index in [1.807, 2.05) is 32.0 Å². The fraction of sp³-hybridized carbons (Fsp3) is 0.250. The van der Waals surface area contributed by atoms with Crippen LogP contribution in [0.25, 0.3) is 20.8 Å². The number of hydrogen-bond donors (Lipinski definition) is 0. The predicted octanol–water partition coefficient (Wildman–Crippen LogP) is 4.21. The molecule has 2 aliphatic rings. The zero-order valence-corrected chi connectivity index (χ0v) is 13.8. The van der Waals surface area contributed by atoms with Crippen molar-refractivity contribution in [1.82, 2.24) is 4.98 Å². The molecule has 1 aliphatic carbocycles. The second kappa shape index (κ2) is 6.10. The van der Waals surface area contributed by atoms with Crippen molar-refractivity contribution in [2.75, 3.05) is 13.2 Å². The monoisotopic (exact) mass is 335 g/mol. The summed E-state index contributed by atoms with van der Waals surface area (Å²) in [6.07, 6.45) is 0. The Morgan fingerprint density at radius 1 is 1.18 bits per heavy atom. The number of aromatic nitrogens is 1. The summed E-state index contributed by atoms with van der Waals surface area (Å²) in [6, 6.07) is 7.34. The molecule has 0 bridgehead atoms. The van der Waals surface area contributed by atoms with Crippen LogP contribution in [0.1, 0.15) is 13.8 Å². The van der Waals surface area contributed by atoms with Gasteiger partial charge in [-0.15, -0.1) is 11.3 Å². The molecule has 114 valence electrons. The summed E-state index contributed by atoms with van der Waals surface area (Å²) in [5.74, 6) is 1.02. The lowest BCUT2D eigenvalue weighted by Gasteiger charge is -2.11. The molecule has 0 aromatic heterocycles. The van der Waals surface area contributed by atoms with Crippen LogP contribution in [0, 0.1) is 0 Å². The number of rotatable bonds is 4. The molecular formula is C16H14ClNO3S. The lowest BCUT2D eigenvalue weighted by Crippen LogP contribution is -2.10. The maximum absolute atomic E-state index is 12.2. The largest absolute Gasteiger partial charge is 0.494 e. The highest BCUT2D eigenvalue weighted by atomic mass is 35.5. The second-order valence-corrected chi connectivity index (χ2v) is 6.01. The third kappa shape index (κ3) is 2.62. The van der Waals surface area contributed by atoms with Crippen LogP contribution in [0.15, 0.2) is 29.1 Å². The fourth-order valence-corrected chi connectivity index (χ4v) is 3.50. The minimum Gasteiger partial charge on any atom is -0.494 e. The zero-order valence-electron chi connectivity index (χ0n) is 12.2. The Balaban J connectivity index is 2.26. The van der Waals surface area contributed by atoms with E-state index in [1.54, 1.807) is 6.07 Å². The van der Waals surface area contributed by atoms with Gasteiger partial charge >= 0.3 is 0 Å². The molecule has 3 rings (SSSR count). The summed E-state index contributed by atoms with van der Waals surface area (Å²) in [5, 5.41) is 0.155. The molecule has 1 aliphatic heterocycles. The van der Waals surface area contributed by atoms with Gasteiger partial charge in [0.25, 0.3) is 0 Å². The van der Waals surface area contributed by atoms with Crippen LogP contribution in [0.5, 0.6) is 11.5 Å². The average Bonchev–Trinajstić information content (AvgIpc) is 2.52. The first-order chi connectivity index (χ1) is 10.6. The second-order valence-electron chi connectivity index (χ2n) is 4.58. The molecule has 0 atom stereocenters. The van der Waals surface area contributed by atoms with E-state index in [0.29, 0.717) is 23.8 Å². The van der Waals surface area contributed by atoms with Crippen LogP contribution in [0.4, 0.5) is 0 Å². The van der Waals surface area contributed by atoms with Gasteiger partial charge in [0.05, 0.1) is 34.0 Å². The lowest BCUT2D eigenvalue weighted by atomic mass is 10.2. The minimum absolute atomic E-state index is 0.155. The molecule has 0 saturated carbocycles. The van der Waals surface area contributed by atoms with E-state index in [1.165, 1.54) is 11.3 Å². The van der Waals surface area contributed by atoms with Gasteiger partial charge in [0.1, 0.15) is 10.8 Å². The predicted molar refractivity (Wildman–Crippen MR) is 89.9 cm³/mol. The Hall–Kier alpha value is -1.85. The van der Waals surface area contributed by atoms with Gasteiger partial charge in [0, 0.05) is 6.07 Å². The molecule has 1 aromatic carbocycles. The highest BCUT2D eigenvalue weighted by Crippen LogP contribution is 2.37. The normalized spacial score (nSPS) is 11.0. The van der Waals surface area contributed by atoms with Gasteiger partial charge < -0.3 is 9.47 Å². The molecule has 0 saturated heterocycles. The third-order valence-electron chi connectivity index (χ3n) is 3.12. The summed E-state index contributed by atoms with van der Waals surface area (Å²) >= 11 is 7.64. The number of benzene rings is 2. The maximum atomic E-state index is 12.2. The van der Waals surface area contributed by atoms with Gasteiger partial charge in [-0.25, -0.2) is 4.98 Å². The van der Waals surface area contributed by atoms with Crippen LogP contribution < -0.4 is 14.9 Å². The van der Waals surface area contributed by atoms with Crippen molar-refractivity contribution in [1.29, 1.82) is 0 Å². The molecule has 0 amide bonds. The maximum Gasteiger partial charge on any atom is 0.240 e. The van der Waals surface area contributed by atoms with E-state index in [0.717, 1.165) is 16.0 Å².